The van der Waals surface area contributed by atoms with Gasteiger partial charge in [0.2, 0.25) is 0 Å². The maximum absolute atomic E-state index is 12.8. The second kappa shape index (κ2) is 11.7. The molecule has 3 rings (SSSR count). The Bertz CT molecular complexity index is 1110. The third-order valence-electron chi connectivity index (χ3n) is 4.97. The van der Waals surface area contributed by atoms with Crippen LogP contribution in [0, 0.1) is 5.92 Å². The zero-order valence-electron chi connectivity index (χ0n) is 18.1. The lowest BCUT2D eigenvalue weighted by Gasteiger charge is -2.23. The quantitative estimate of drug-likeness (QED) is 0.221. The number of amides is 2. The molecule has 2 amide bonds. The molecule has 0 saturated heterocycles. The molecule has 0 heterocycles. The van der Waals surface area contributed by atoms with E-state index in [0.29, 0.717) is 17.0 Å². The number of rotatable bonds is 9. The van der Waals surface area contributed by atoms with Gasteiger partial charge in [-0.25, -0.2) is 10.3 Å². The summed E-state index contributed by atoms with van der Waals surface area (Å²) in [4.78, 5) is 24.2. The Balaban J connectivity index is 1.81. The highest BCUT2D eigenvalue weighted by molar-refractivity contribution is 6.00. The van der Waals surface area contributed by atoms with Gasteiger partial charge in [-0.2, -0.15) is 0 Å². The summed E-state index contributed by atoms with van der Waals surface area (Å²) in [5, 5.41) is 22.3. The molecule has 172 valence electrons. The highest BCUT2D eigenvalue weighted by atomic mass is 16.6. The number of carbonyl (C=O) groups is 2. The van der Waals surface area contributed by atoms with Crippen LogP contribution in [0.3, 0.4) is 0 Å². The Labute approximate surface area is 191 Å². The predicted octanol–water partition coefficient (Wildman–Crippen LogP) is 4.20. The van der Waals surface area contributed by atoms with Crippen molar-refractivity contribution < 1.29 is 29.4 Å². The molecule has 0 aliphatic heterocycles. The molecule has 0 radical (unpaired) electrons. The van der Waals surface area contributed by atoms with Crippen LogP contribution in [-0.2, 0) is 9.53 Å². The van der Waals surface area contributed by atoms with Gasteiger partial charge in [-0.1, -0.05) is 61.5 Å². The van der Waals surface area contributed by atoms with Gasteiger partial charge in [0.15, 0.2) is 0 Å². The highest BCUT2D eigenvalue weighted by Crippen LogP contribution is 2.30. The maximum Gasteiger partial charge on any atom is 0.412 e. The first-order valence-corrected chi connectivity index (χ1v) is 10.4. The second-order valence-electron chi connectivity index (χ2n) is 7.31. The standard InChI is InChI=1S/C25H26N2O6/c1-17(9-14-23(29)27-31)24(19-10-12-20(13-11-19)32-16-15-28)33-25(30)26-22-8-4-6-18-5-2-3-7-21(18)22/h2-14,17,24,28,31H,15-16H2,1H3,(H,26,30)(H,27,29)/b14-9+/t17-,24-/m0/s1. The Hall–Kier alpha value is -3.88. The van der Waals surface area contributed by atoms with Crippen molar-refractivity contribution in [2.75, 3.05) is 18.5 Å². The Morgan fingerprint density at radius 3 is 2.48 bits per heavy atom. The van der Waals surface area contributed by atoms with E-state index in [1.165, 1.54) is 17.6 Å². The topological polar surface area (TPSA) is 117 Å². The Kier molecular flexibility index (Phi) is 8.40. The lowest BCUT2D eigenvalue weighted by atomic mass is 9.96. The van der Waals surface area contributed by atoms with Crippen LogP contribution in [0.5, 0.6) is 5.75 Å². The maximum atomic E-state index is 12.8. The van der Waals surface area contributed by atoms with E-state index in [1.807, 2.05) is 36.4 Å². The van der Waals surface area contributed by atoms with Gasteiger partial charge in [0, 0.05) is 17.4 Å². The fourth-order valence-electron chi connectivity index (χ4n) is 3.36. The van der Waals surface area contributed by atoms with Crippen molar-refractivity contribution in [1.29, 1.82) is 0 Å². The van der Waals surface area contributed by atoms with E-state index in [2.05, 4.69) is 5.32 Å². The van der Waals surface area contributed by atoms with Crippen molar-refractivity contribution in [2.45, 2.75) is 13.0 Å². The molecule has 3 aromatic carbocycles. The van der Waals surface area contributed by atoms with Crippen LogP contribution in [0.2, 0.25) is 0 Å². The summed E-state index contributed by atoms with van der Waals surface area (Å²) in [6.45, 7) is 1.85. The van der Waals surface area contributed by atoms with E-state index < -0.39 is 24.0 Å². The number of nitrogens with one attached hydrogen (secondary N) is 2. The average molecular weight is 450 g/mol. The molecule has 0 spiro atoms. The summed E-state index contributed by atoms with van der Waals surface area (Å²) >= 11 is 0. The summed E-state index contributed by atoms with van der Waals surface area (Å²) in [7, 11) is 0. The van der Waals surface area contributed by atoms with E-state index >= 15 is 0 Å². The second-order valence-corrected chi connectivity index (χ2v) is 7.31. The molecule has 3 aromatic rings. The number of aliphatic hydroxyl groups excluding tert-OH is 1. The fourth-order valence-corrected chi connectivity index (χ4v) is 3.36. The first-order chi connectivity index (χ1) is 16.0. The van der Waals surface area contributed by atoms with Crippen molar-refractivity contribution in [3.8, 4) is 5.75 Å². The summed E-state index contributed by atoms with van der Waals surface area (Å²) in [5.41, 5.74) is 2.83. The predicted molar refractivity (Wildman–Crippen MR) is 124 cm³/mol. The van der Waals surface area contributed by atoms with E-state index in [0.717, 1.165) is 10.8 Å². The first kappa shape index (κ1) is 23.8. The van der Waals surface area contributed by atoms with Crippen molar-refractivity contribution in [3.63, 3.8) is 0 Å². The van der Waals surface area contributed by atoms with Crippen LogP contribution in [-0.4, -0.2) is 35.5 Å². The highest BCUT2D eigenvalue weighted by Gasteiger charge is 2.23. The van der Waals surface area contributed by atoms with Crippen LogP contribution >= 0.6 is 0 Å². The van der Waals surface area contributed by atoms with Crippen molar-refractivity contribution in [2.24, 2.45) is 5.92 Å². The van der Waals surface area contributed by atoms with E-state index in [9.17, 15) is 9.59 Å². The third-order valence-corrected chi connectivity index (χ3v) is 4.97. The molecule has 0 aliphatic carbocycles. The summed E-state index contributed by atoms with van der Waals surface area (Å²) in [6, 6.07) is 20.2. The molecule has 8 nitrogen and oxygen atoms in total. The molecule has 8 heteroatoms. The minimum atomic E-state index is -0.727. The van der Waals surface area contributed by atoms with Gasteiger partial charge in [-0.05, 0) is 29.1 Å². The van der Waals surface area contributed by atoms with E-state index in [1.54, 1.807) is 37.3 Å². The summed E-state index contributed by atoms with van der Waals surface area (Å²) in [5.74, 6) is -0.520. The van der Waals surface area contributed by atoms with Gasteiger partial charge in [-0.3, -0.25) is 15.3 Å². The minimum absolute atomic E-state index is 0.101. The zero-order chi connectivity index (χ0) is 23.6. The number of aliphatic hydroxyl groups is 1. The third kappa shape index (κ3) is 6.55. The Morgan fingerprint density at radius 1 is 1.03 bits per heavy atom. The van der Waals surface area contributed by atoms with Crippen molar-refractivity contribution in [1.82, 2.24) is 5.48 Å². The smallest absolute Gasteiger partial charge is 0.412 e. The molecule has 0 aliphatic rings. The van der Waals surface area contributed by atoms with Crippen molar-refractivity contribution in [3.05, 3.63) is 84.4 Å². The first-order valence-electron chi connectivity index (χ1n) is 10.4. The molecule has 0 saturated carbocycles. The molecule has 0 aromatic heterocycles. The van der Waals surface area contributed by atoms with Crippen LogP contribution in [0.15, 0.2) is 78.9 Å². The van der Waals surface area contributed by atoms with Gasteiger partial charge < -0.3 is 14.6 Å². The normalized spacial score (nSPS) is 12.8. The molecule has 2 atom stereocenters. The number of benzene rings is 3. The average Bonchev–Trinajstić information content (AvgIpc) is 2.85. The van der Waals surface area contributed by atoms with Gasteiger partial charge in [-0.15, -0.1) is 0 Å². The number of fused-ring (bicyclic) bond motifs is 1. The number of carbonyl (C=O) groups excluding carboxylic acids is 2. The fraction of sp³-hybridized carbons (Fsp3) is 0.200. The Morgan fingerprint density at radius 2 is 1.76 bits per heavy atom. The molecular weight excluding hydrogens is 424 g/mol. The van der Waals surface area contributed by atoms with Crippen LogP contribution in [0.4, 0.5) is 10.5 Å². The summed E-state index contributed by atoms with van der Waals surface area (Å²) in [6.07, 6.45) is 1.33. The monoisotopic (exact) mass is 450 g/mol. The van der Waals surface area contributed by atoms with Crippen LogP contribution in [0.25, 0.3) is 10.8 Å². The van der Waals surface area contributed by atoms with Gasteiger partial charge in [0.1, 0.15) is 18.5 Å². The SMILES string of the molecule is C[C@@H](/C=C/C(=O)NO)[C@H](OC(=O)Nc1cccc2ccccc12)c1ccc(OCCO)cc1. The van der Waals surface area contributed by atoms with E-state index in [-0.39, 0.29) is 13.2 Å². The largest absolute Gasteiger partial charge is 0.491 e. The summed E-state index contributed by atoms with van der Waals surface area (Å²) < 4.78 is 11.1. The molecular formula is C25H26N2O6. The lowest BCUT2D eigenvalue weighted by molar-refractivity contribution is -0.124. The molecule has 0 fully saturated rings. The van der Waals surface area contributed by atoms with Crippen LogP contribution < -0.4 is 15.5 Å². The molecule has 0 unspecified atom stereocenters. The number of hydrogen-bond acceptors (Lipinski definition) is 6. The van der Waals surface area contributed by atoms with Gasteiger partial charge >= 0.3 is 6.09 Å². The molecule has 33 heavy (non-hydrogen) atoms. The van der Waals surface area contributed by atoms with Gasteiger partial charge in [0.25, 0.3) is 5.91 Å². The van der Waals surface area contributed by atoms with Crippen LogP contribution in [0.1, 0.15) is 18.6 Å². The lowest BCUT2D eigenvalue weighted by Crippen LogP contribution is -2.22. The zero-order valence-corrected chi connectivity index (χ0v) is 18.1. The number of hydrogen-bond donors (Lipinski definition) is 4. The number of hydroxylamine groups is 1. The minimum Gasteiger partial charge on any atom is -0.491 e. The molecule has 0 bridgehead atoms. The van der Waals surface area contributed by atoms with Gasteiger partial charge in [0.05, 0.1) is 12.3 Å². The van der Waals surface area contributed by atoms with E-state index in [4.69, 9.17) is 19.8 Å². The van der Waals surface area contributed by atoms with Crippen molar-refractivity contribution >= 4 is 28.5 Å². The number of ether oxygens (including phenoxy) is 2. The molecule has 4 N–H and O–H groups in total. The number of anilines is 1.